The van der Waals surface area contributed by atoms with Crippen LogP contribution in [0.1, 0.15) is 0 Å². The topological polar surface area (TPSA) is 29.3 Å². The van der Waals surface area contributed by atoms with Crippen LogP contribution in [0.25, 0.3) is 44.2 Å². The van der Waals surface area contributed by atoms with Gasteiger partial charge in [0.2, 0.25) is 0 Å². The third kappa shape index (κ3) is 4.00. The zero-order valence-corrected chi connectivity index (χ0v) is 20.7. The first kappa shape index (κ1) is 22.1. The van der Waals surface area contributed by atoms with Crippen molar-refractivity contribution < 1.29 is 4.42 Å². The molecule has 7 aromatic rings. The maximum atomic E-state index is 6.02. The van der Waals surface area contributed by atoms with Crippen LogP contribution in [0, 0.1) is 0 Å². The van der Waals surface area contributed by atoms with Crippen molar-refractivity contribution in [3.05, 3.63) is 146 Å². The van der Waals surface area contributed by atoms with Gasteiger partial charge in [-0.1, -0.05) is 103 Å². The SMILES string of the molecule is c1ccc(-c2ccc(-c3ccc(N(c4ccccc4)c4cc5c(cn4)oc4ccccc45)cc3)cc2)cc1. The molecule has 0 radical (unpaired) electrons. The molecule has 2 heterocycles. The largest absolute Gasteiger partial charge is 0.454 e. The van der Waals surface area contributed by atoms with Gasteiger partial charge < -0.3 is 4.42 Å². The van der Waals surface area contributed by atoms with Gasteiger partial charge in [-0.2, -0.15) is 0 Å². The summed E-state index contributed by atoms with van der Waals surface area (Å²) in [6.45, 7) is 0. The van der Waals surface area contributed by atoms with Crippen LogP contribution < -0.4 is 4.90 Å². The summed E-state index contributed by atoms with van der Waals surface area (Å²) < 4.78 is 6.02. The number of fused-ring (bicyclic) bond motifs is 3. The van der Waals surface area contributed by atoms with E-state index in [9.17, 15) is 0 Å². The first-order valence-electron chi connectivity index (χ1n) is 12.7. The monoisotopic (exact) mass is 488 g/mol. The normalized spacial score (nSPS) is 11.2. The number of benzene rings is 5. The first-order valence-corrected chi connectivity index (χ1v) is 12.7. The number of hydrogen-bond donors (Lipinski definition) is 0. The summed E-state index contributed by atoms with van der Waals surface area (Å²) in [5, 5.41) is 2.15. The van der Waals surface area contributed by atoms with Crippen molar-refractivity contribution in [2.24, 2.45) is 0 Å². The van der Waals surface area contributed by atoms with Gasteiger partial charge in [0.1, 0.15) is 11.4 Å². The molecule has 38 heavy (non-hydrogen) atoms. The lowest BCUT2D eigenvalue weighted by molar-refractivity contribution is 0.667. The minimum absolute atomic E-state index is 0.789. The van der Waals surface area contributed by atoms with Crippen molar-refractivity contribution >= 4 is 39.1 Å². The smallest absolute Gasteiger partial charge is 0.153 e. The van der Waals surface area contributed by atoms with Gasteiger partial charge in [0, 0.05) is 22.1 Å². The highest BCUT2D eigenvalue weighted by atomic mass is 16.3. The summed E-state index contributed by atoms with van der Waals surface area (Å²) in [5.74, 6) is 0.843. The van der Waals surface area contributed by atoms with Crippen LogP contribution >= 0.6 is 0 Å². The van der Waals surface area contributed by atoms with Crippen molar-refractivity contribution in [1.82, 2.24) is 4.98 Å². The summed E-state index contributed by atoms with van der Waals surface area (Å²) >= 11 is 0. The second-order valence-corrected chi connectivity index (χ2v) is 9.30. The Bertz CT molecular complexity index is 1840. The highest BCUT2D eigenvalue weighted by Gasteiger charge is 2.16. The van der Waals surface area contributed by atoms with E-state index in [1.54, 1.807) is 0 Å². The van der Waals surface area contributed by atoms with Gasteiger partial charge in [-0.25, -0.2) is 4.98 Å². The number of hydrogen-bond acceptors (Lipinski definition) is 3. The molecule has 0 spiro atoms. The molecule has 0 bridgehead atoms. The van der Waals surface area contributed by atoms with Crippen LogP contribution in [0.15, 0.2) is 150 Å². The number of furan rings is 1. The molecular formula is C35H24N2O. The molecule has 5 aromatic carbocycles. The minimum atomic E-state index is 0.789. The van der Waals surface area contributed by atoms with Crippen LogP contribution in [0.5, 0.6) is 0 Å². The molecule has 0 saturated carbocycles. The van der Waals surface area contributed by atoms with E-state index >= 15 is 0 Å². The second kappa shape index (κ2) is 9.38. The molecule has 0 N–H and O–H groups in total. The van der Waals surface area contributed by atoms with Crippen molar-refractivity contribution in [2.75, 3.05) is 4.90 Å². The molecule has 0 aliphatic rings. The Balaban J connectivity index is 1.27. The van der Waals surface area contributed by atoms with E-state index in [1.165, 1.54) is 22.3 Å². The zero-order valence-electron chi connectivity index (χ0n) is 20.7. The Kier molecular flexibility index (Phi) is 5.45. The number of anilines is 3. The van der Waals surface area contributed by atoms with Crippen molar-refractivity contribution in [3.63, 3.8) is 0 Å². The molecular weight excluding hydrogens is 464 g/mol. The second-order valence-electron chi connectivity index (χ2n) is 9.30. The van der Waals surface area contributed by atoms with E-state index < -0.39 is 0 Å². The molecule has 0 aliphatic heterocycles. The summed E-state index contributed by atoms with van der Waals surface area (Å²) in [7, 11) is 0. The molecule has 0 amide bonds. The van der Waals surface area contributed by atoms with E-state index in [2.05, 4.69) is 114 Å². The standard InChI is InChI=1S/C35H24N2O/c1-3-9-25(10-4-1)26-15-17-27(18-16-26)28-19-21-30(22-20-28)37(29-11-5-2-6-12-29)35-23-32-31-13-7-8-14-33(31)38-34(32)24-36-35/h1-24H. The van der Waals surface area contributed by atoms with Gasteiger partial charge in [-0.3, -0.25) is 4.90 Å². The molecule has 180 valence electrons. The molecule has 0 aliphatic carbocycles. The Morgan fingerprint density at radius 1 is 0.447 bits per heavy atom. The molecule has 0 atom stereocenters. The molecule has 3 nitrogen and oxygen atoms in total. The number of para-hydroxylation sites is 2. The minimum Gasteiger partial charge on any atom is -0.454 e. The van der Waals surface area contributed by atoms with E-state index in [1.807, 2.05) is 36.5 Å². The van der Waals surface area contributed by atoms with Gasteiger partial charge in [-0.05, 0) is 58.7 Å². The van der Waals surface area contributed by atoms with Gasteiger partial charge in [0.15, 0.2) is 5.58 Å². The van der Waals surface area contributed by atoms with E-state index in [4.69, 9.17) is 9.40 Å². The molecule has 0 saturated heterocycles. The summed E-state index contributed by atoms with van der Waals surface area (Å²) in [5.41, 5.74) is 8.55. The first-order chi connectivity index (χ1) is 18.8. The van der Waals surface area contributed by atoms with Crippen molar-refractivity contribution in [1.29, 1.82) is 0 Å². The van der Waals surface area contributed by atoms with Crippen LogP contribution in [-0.4, -0.2) is 4.98 Å². The average molecular weight is 489 g/mol. The van der Waals surface area contributed by atoms with Gasteiger partial charge in [0.05, 0.1) is 6.20 Å². The van der Waals surface area contributed by atoms with Crippen molar-refractivity contribution in [3.8, 4) is 22.3 Å². The molecule has 0 fully saturated rings. The maximum absolute atomic E-state index is 6.02. The fourth-order valence-electron chi connectivity index (χ4n) is 5.02. The predicted octanol–water partition coefficient (Wildman–Crippen LogP) is 9.78. The van der Waals surface area contributed by atoms with Crippen LogP contribution in [0.3, 0.4) is 0 Å². The zero-order chi connectivity index (χ0) is 25.3. The third-order valence-electron chi connectivity index (χ3n) is 6.94. The predicted molar refractivity (Wildman–Crippen MR) is 157 cm³/mol. The van der Waals surface area contributed by atoms with Crippen LogP contribution in [-0.2, 0) is 0 Å². The lowest BCUT2D eigenvalue weighted by Gasteiger charge is -2.24. The van der Waals surface area contributed by atoms with Crippen LogP contribution in [0.2, 0.25) is 0 Å². The lowest BCUT2D eigenvalue weighted by atomic mass is 10.00. The Hall–Kier alpha value is -5.15. The van der Waals surface area contributed by atoms with E-state index in [0.29, 0.717) is 0 Å². The lowest BCUT2D eigenvalue weighted by Crippen LogP contribution is -2.11. The maximum Gasteiger partial charge on any atom is 0.153 e. The molecule has 3 heteroatoms. The molecule has 7 rings (SSSR count). The van der Waals surface area contributed by atoms with E-state index in [-0.39, 0.29) is 0 Å². The van der Waals surface area contributed by atoms with Gasteiger partial charge in [-0.15, -0.1) is 0 Å². The quantitative estimate of drug-likeness (QED) is 0.241. The summed E-state index contributed by atoms with van der Waals surface area (Å²) in [6.07, 6.45) is 1.82. The Morgan fingerprint density at radius 3 is 1.66 bits per heavy atom. The fraction of sp³-hybridized carbons (Fsp3) is 0. The third-order valence-corrected chi connectivity index (χ3v) is 6.94. The Morgan fingerprint density at radius 2 is 0.974 bits per heavy atom. The average Bonchev–Trinajstić information content (AvgIpc) is 3.37. The highest BCUT2D eigenvalue weighted by molar-refractivity contribution is 6.05. The highest BCUT2D eigenvalue weighted by Crippen LogP contribution is 2.37. The fourth-order valence-corrected chi connectivity index (χ4v) is 5.02. The van der Waals surface area contributed by atoms with Gasteiger partial charge in [0.25, 0.3) is 0 Å². The van der Waals surface area contributed by atoms with Crippen LogP contribution in [0.4, 0.5) is 17.2 Å². The Labute approximate surface area is 221 Å². The number of pyridine rings is 1. The number of aromatic nitrogens is 1. The molecule has 2 aromatic heterocycles. The van der Waals surface area contributed by atoms with Gasteiger partial charge >= 0.3 is 0 Å². The number of nitrogens with zero attached hydrogens (tertiary/aromatic N) is 2. The molecule has 0 unspecified atom stereocenters. The summed E-state index contributed by atoms with van der Waals surface area (Å²) in [4.78, 5) is 6.99. The van der Waals surface area contributed by atoms with Crippen molar-refractivity contribution in [2.45, 2.75) is 0 Å². The summed E-state index contributed by atoms with van der Waals surface area (Å²) in [6, 6.07) is 48.5. The van der Waals surface area contributed by atoms with E-state index in [0.717, 1.165) is 39.1 Å². The number of rotatable bonds is 5.